The number of phenolic OH excluding ortho intramolecular Hbond substituents is 1. The lowest BCUT2D eigenvalue weighted by molar-refractivity contribution is -0.118. The monoisotopic (exact) mass is 395 g/mol. The van der Waals surface area contributed by atoms with E-state index in [0.717, 1.165) is 38.2 Å². The predicted molar refractivity (Wildman–Crippen MR) is 117 cm³/mol. The van der Waals surface area contributed by atoms with E-state index >= 15 is 0 Å². The standard InChI is InChI=1S/C15H27N3O.C6H14N2O/c1-16(2)9-12-7-8-15(19)14(11-18(5)6)13(12)10-17(3)4;1-8(2)5-3-4-6(7)9/h7-8,19H,9-11H2,1-6H3;3-5H2,1-2H3,(H2,7,9). The zero-order valence-electron chi connectivity index (χ0n) is 19.1. The van der Waals surface area contributed by atoms with E-state index in [0.29, 0.717) is 12.2 Å². The summed E-state index contributed by atoms with van der Waals surface area (Å²) in [4.78, 5) is 18.6. The van der Waals surface area contributed by atoms with Crippen molar-refractivity contribution in [2.24, 2.45) is 5.73 Å². The highest BCUT2D eigenvalue weighted by Gasteiger charge is 2.15. The molecule has 0 heterocycles. The molecule has 0 radical (unpaired) electrons. The van der Waals surface area contributed by atoms with Gasteiger partial charge in [0.25, 0.3) is 0 Å². The number of carbonyl (C=O) groups excluding carboxylic acids is 1. The molecule has 0 unspecified atom stereocenters. The number of hydrogen-bond acceptors (Lipinski definition) is 6. The maximum absolute atomic E-state index is 10.2. The molecular formula is C21H41N5O2. The summed E-state index contributed by atoms with van der Waals surface area (Å²) in [5, 5.41) is 10.2. The lowest BCUT2D eigenvalue weighted by Crippen LogP contribution is -2.20. The van der Waals surface area contributed by atoms with E-state index in [1.165, 1.54) is 11.1 Å². The zero-order valence-corrected chi connectivity index (χ0v) is 19.1. The van der Waals surface area contributed by atoms with Crippen molar-refractivity contribution in [1.29, 1.82) is 0 Å². The summed E-state index contributed by atoms with van der Waals surface area (Å²) < 4.78 is 0. The van der Waals surface area contributed by atoms with Gasteiger partial charge in [0.05, 0.1) is 0 Å². The Balaban J connectivity index is 0.000000684. The number of aromatic hydroxyl groups is 1. The Morgan fingerprint density at radius 3 is 1.75 bits per heavy atom. The largest absolute Gasteiger partial charge is 0.508 e. The van der Waals surface area contributed by atoms with Crippen LogP contribution in [0.1, 0.15) is 29.5 Å². The molecule has 1 rings (SSSR count). The van der Waals surface area contributed by atoms with Crippen LogP contribution >= 0.6 is 0 Å². The SMILES string of the molecule is CN(C)CCCC(N)=O.CN(C)Cc1ccc(O)c(CN(C)C)c1CN(C)C. The Kier molecular flexibility index (Phi) is 12.7. The van der Waals surface area contributed by atoms with Crippen molar-refractivity contribution < 1.29 is 9.90 Å². The minimum atomic E-state index is -0.211. The number of nitrogens with two attached hydrogens (primary N) is 1. The van der Waals surface area contributed by atoms with Crippen LogP contribution in [0.15, 0.2) is 12.1 Å². The molecule has 3 N–H and O–H groups in total. The number of primary amides is 1. The molecular weight excluding hydrogens is 354 g/mol. The molecule has 0 saturated heterocycles. The van der Waals surface area contributed by atoms with Gasteiger partial charge in [0.15, 0.2) is 0 Å². The molecule has 0 spiro atoms. The Hall–Kier alpha value is -1.67. The fourth-order valence-corrected chi connectivity index (χ4v) is 2.79. The van der Waals surface area contributed by atoms with Gasteiger partial charge >= 0.3 is 0 Å². The average molecular weight is 396 g/mol. The number of rotatable bonds is 10. The molecule has 1 aromatic carbocycles. The third-order valence-electron chi connectivity index (χ3n) is 3.97. The second-order valence-electron chi connectivity index (χ2n) is 8.29. The molecule has 0 aromatic heterocycles. The first kappa shape index (κ1) is 26.3. The van der Waals surface area contributed by atoms with Gasteiger partial charge in [-0.25, -0.2) is 0 Å². The van der Waals surface area contributed by atoms with E-state index in [2.05, 4.69) is 42.9 Å². The second-order valence-corrected chi connectivity index (χ2v) is 8.29. The van der Waals surface area contributed by atoms with Crippen LogP contribution in [0.5, 0.6) is 5.75 Å². The number of phenols is 1. The quantitative estimate of drug-likeness (QED) is 0.624. The maximum atomic E-state index is 10.2. The van der Waals surface area contributed by atoms with Crippen LogP contribution in [-0.4, -0.2) is 93.5 Å². The molecule has 0 fully saturated rings. The molecule has 1 amide bonds. The zero-order chi connectivity index (χ0) is 21.9. The molecule has 162 valence electrons. The Morgan fingerprint density at radius 2 is 1.32 bits per heavy atom. The first-order chi connectivity index (χ1) is 12.9. The van der Waals surface area contributed by atoms with Gasteiger partial charge in [0, 0.05) is 31.6 Å². The Labute approximate surface area is 171 Å². The number of amides is 1. The molecule has 0 aliphatic carbocycles. The van der Waals surface area contributed by atoms with Crippen molar-refractivity contribution in [1.82, 2.24) is 19.6 Å². The minimum absolute atomic E-state index is 0.211. The predicted octanol–water partition coefficient (Wildman–Crippen LogP) is 1.39. The summed E-state index contributed by atoms with van der Waals surface area (Å²) in [5.74, 6) is 0.185. The molecule has 0 aliphatic heterocycles. The number of nitrogens with zero attached hydrogens (tertiary/aromatic N) is 4. The molecule has 0 aliphatic rings. The van der Waals surface area contributed by atoms with Crippen molar-refractivity contribution in [3.8, 4) is 5.75 Å². The molecule has 1 aromatic rings. The number of benzene rings is 1. The lowest BCUT2D eigenvalue weighted by atomic mass is 9.98. The van der Waals surface area contributed by atoms with Crippen LogP contribution < -0.4 is 5.73 Å². The molecule has 0 bridgehead atoms. The highest BCUT2D eigenvalue weighted by molar-refractivity contribution is 5.73. The van der Waals surface area contributed by atoms with Crippen molar-refractivity contribution >= 4 is 5.91 Å². The van der Waals surface area contributed by atoms with Gasteiger partial charge in [-0.05, 0) is 86.5 Å². The van der Waals surface area contributed by atoms with Gasteiger partial charge in [-0.1, -0.05) is 6.07 Å². The third kappa shape index (κ3) is 11.9. The summed E-state index contributed by atoms with van der Waals surface area (Å²) in [6, 6.07) is 3.85. The van der Waals surface area contributed by atoms with Gasteiger partial charge in [0.2, 0.25) is 5.91 Å². The van der Waals surface area contributed by atoms with E-state index in [4.69, 9.17) is 5.73 Å². The van der Waals surface area contributed by atoms with Crippen LogP contribution in [-0.2, 0) is 24.4 Å². The third-order valence-corrected chi connectivity index (χ3v) is 3.97. The molecule has 28 heavy (non-hydrogen) atoms. The van der Waals surface area contributed by atoms with Crippen molar-refractivity contribution in [2.75, 3.05) is 62.9 Å². The van der Waals surface area contributed by atoms with E-state index < -0.39 is 0 Å². The van der Waals surface area contributed by atoms with Crippen molar-refractivity contribution in [3.05, 3.63) is 28.8 Å². The van der Waals surface area contributed by atoms with Gasteiger partial charge in [-0.3, -0.25) is 4.79 Å². The van der Waals surface area contributed by atoms with Crippen LogP contribution in [0.4, 0.5) is 0 Å². The van der Waals surface area contributed by atoms with Gasteiger partial charge < -0.3 is 30.4 Å². The van der Waals surface area contributed by atoms with E-state index in [-0.39, 0.29) is 5.91 Å². The number of hydrogen-bond donors (Lipinski definition) is 2. The summed E-state index contributed by atoms with van der Waals surface area (Å²) in [6.07, 6.45) is 1.36. The normalized spacial score (nSPS) is 11.3. The molecule has 0 atom stereocenters. The van der Waals surface area contributed by atoms with Crippen LogP contribution in [0.2, 0.25) is 0 Å². The van der Waals surface area contributed by atoms with Crippen molar-refractivity contribution in [3.63, 3.8) is 0 Å². The van der Waals surface area contributed by atoms with Crippen molar-refractivity contribution in [2.45, 2.75) is 32.5 Å². The van der Waals surface area contributed by atoms with Gasteiger partial charge in [-0.2, -0.15) is 0 Å². The molecule has 7 heteroatoms. The number of carbonyl (C=O) groups is 1. The highest BCUT2D eigenvalue weighted by atomic mass is 16.3. The topological polar surface area (TPSA) is 76.3 Å². The highest BCUT2D eigenvalue weighted by Crippen LogP contribution is 2.27. The first-order valence-electron chi connectivity index (χ1n) is 9.63. The van der Waals surface area contributed by atoms with Crippen LogP contribution in [0.25, 0.3) is 0 Å². The second kappa shape index (κ2) is 13.5. The summed E-state index contributed by atoms with van der Waals surface area (Å²) in [5.41, 5.74) is 8.49. The molecule has 7 nitrogen and oxygen atoms in total. The first-order valence-corrected chi connectivity index (χ1v) is 9.63. The van der Waals surface area contributed by atoms with E-state index in [1.54, 1.807) is 0 Å². The smallest absolute Gasteiger partial charge is 0.217 e. The lowest BCUT2D eigenvalue weighted by Gasteiger charge is -2.23. The van der Waals surface area contributed by atoms with E-state index in [9.17, 15) is 9.90 Å². The van der Waals surface area contributed by atoms with Gasteiger partial charge in [0.1, 0.15) is 5.75 Å². The Morgan fingerprint density at radius 1 is 0.821 bits per heavy atom. The van der Waals surface area contributed by atoms with E-state index in [1.807, 2.05) is 45.2 Å². The Bertz CT molecular complexity index is 586. The van der Waals surface area contributed by atoms with Crippen LogP contribution in [0, 0.1) is 0 Å². The summed E-state index contributed by atoms with van der Waals surface area (Å²) in [7, 11) is 16.2. The fraction of sp³-hybridized carbons (Fsp3) is 0.667. The summed E-state index contributed by atoms with van der Waals surface area (Å²) in [6.45, 7) is 3.43. The fourth-order valence-electron chi connectivity index (χ4n) is 2.79. The maximum Gasteiger partial charge on any atom is 0.217 e. The minimum Gasteiger partial charge on any atom is -0.508 e. The van der Waals surface area contributed by atoms with Crippen LogP contribution in [0.3, 0.4) is 0 Å². The molecule has 0 saturated carbocycles. The average Bonchev–Trinajstić information content (AvgIpc) is 2.52. The summed E-state index contributed by atoms with van der Waals surface area (Å²) >= 11 is 0. The van der Waals surface area contributed by atoms with Gasteiger partial charge in [-0.15, -0.1) is 0 Å².